The van der Waals surface area contributed by atoms with E-state index in [1.54, 1.807) is 66.7 Å². The van der Waals surface area contributed by atoms with Gasteiger partial charge in [0.15, 0.2) is 12.4 Å². The third-order valence-corrected chi connectivity index (χ3v) is 5.00. The molecule has 7 nitrogen and oxygen atoms in total. The zero-order valence-electron chi connectivity index (χ0n) is 18.1. The lowest BCUT2D eigenvalue weighted by Crippen LogP contribution is -2.28. The van der Waals surface area contributed by atoms with E-state index in [0.29, 0.717) is 33.2 Å². The first-order valence-electron chi connectivity index (χ1n) is 9.96. The average molecular weight is 468 g/mol. The van der Waals surface area contributed by atoms with Crippen LogP contribution < -0.4 is 14.8 Å². The fourth-order valence-corrected chi connectivity index (χ4v) is 3.13. The summed E-state index contributed by atoms with van der Waals surface area (Å²) in [5, 5.41) is 3.28. The minimum atomic E-state index is -0.527. The molecule has 0 aliphatic heterocycles. The van der Waals surface area contributed by atoms with E-state index in [9.17, 15) is 14.4 Å². The van der Waals surface area contributed by atoms with E-state index in [4.69, 9.17) is 25.8 Å². The van der Waals surface area contributed by atoms with Gasteiger partial charge in [0.2, 0.25) is 0 Å². The Kier molecular flexibility index (Phi) is 8.05. The Bertz CT molecular complexity index is 1140. The van der Waals surface area contributed by atoms with Crippen LogP contribution in [-0.4, -0.2) is 38.5 Å². The fourth-order valence-electron chi connectivity index (χ4n) is 3.01. The fraction of sp³-hybridized carbons (Fsp3) is 0.160. The highest BCUT2D eigenvalue weighted by atomic mass is 35.5. The smallest absolute Gasteiger partial charge is 0.341 e. The molecule has 0 aliphatic rings. The highest BCUT2D eigenvalue weighted by molar-refractivity contribution is 6.30. The number of esters is 1. The maximum atomic E-state index is 12.5. The highest BCUT2D eigenvalue weighted by Gasteiger charge is 2.14. The Balaban J connectivity index is 1.52. The summed E-state index contributed by atoms with van der Waals surface area (Å²) in [4.78, 5) is 36.5. The number of nitrogens with one attached hydrogen (secondary N) is 1. The number of methoxy groups -OCH3 is 2. The highest BCUT2D eigenvalue weighted by Crippen LogP contribution is 2.21. The van der Waals surface area contributed by atoms with Crippen molar-refractivity contribution in [2.45, 2.75) is 6.54 Å². The van der Waals surface area contributed by atoms with E-state index in [1.807, 2.05) is 0 Å². The van der Waals surface area contributed by atoms with Gasteiger partial charge >= 0.3 is 5.97 Å². The van der Waals surface area contributed by atoms with Crippen LogP contribution in [-0.2, 0) is 16.1 Å². The Hall–Kier alpha value is -3.84. The lowest BCUT2D eigenvalue weighted by Gasteiger charge is -2.11. The lowest BCUT2D eigenvalue weighted by atomic mass is 10.0. The number of carbonyl (C=O) groups excluding carboxylic acids is 3. The monoisotopic (exact) mass is 467 g/mol. The number of halogens is 1. The summed E-state index contributed by atoms with van der Waals surface area (Å²) in [5.74, 6) is -0.164. The Morgan fingerprint density at radius 3 is 2.12 bits per heavy atom. The number of ether oxygens (including phenoxy) is 3. The van der Waals surface area contributed by atoms with Crippen LogP contribution in [0.15, 0.2) is 66.7 Å². The lowest BCUT2D eigenvalue weighted by molar-refractivity contribution is -0.123. The first-order valence-corrected chi connectivity index (χ1v) is 10.3. The number of rotatable bonds is 9. The van der Waals surface area contributed by atoms with E-state index in [2.05, 4.69) is 5.32 Å². The van der Waals surface area contributed by atoms with Crippen LogP contribution in [0.2, 0.25) is 5.02 Å². The van der Waals surface area contributed by atoms with Crippen LogP contribution in [0.3, 0.4) is 0 Å². The van der Waals surface area contributed by atoms with Crippen molar-refractivity contribution < 1.29 is 28.6 Å². The maximum Gasteiger partial charge on any atom is 0.341 e. The zero-order valence-corrected chi connectivity index (χ0v) is 18.8. The quantitative estimate of drug-likeness (QED) is 0.377. The van der Waals surface area contributed by atoms with Gasteiger partial charge in [0.05, 0.1) is 14.2 Å². The number of carbonyl (C=O) groups is 3. The van der Waals surface area contributed by atoms with Gasteiger partial charge in [0.1, 0.15) is 17.1 Å². The molecule has 8 heteroatoms. The van der Waals surface area contributed by atoms with E-state index < -0.39 is 5.97 Å². The Morgan fingerprint density at radius 1 is 0.879 bits per heavy atom. The van der Waals surface area contributed by atoms with Gasteiger partial charge in [-0.05, 0) is 66.2 Å². The van der Waals surface area contributed by atoms with Crippen molar-refractivity contribution in [2.75, 3.05) is 20.8 Å². The molecule has 0 fully saturated rings. The molecule has 0 radical (unpaired) electrons. The van der Waals surface area contributed by atoms with Gasteiger partial charge in [-0.3, -0.25) is 9.59 Å². The molecule has 1 N–H and O–H groups in total. The van der Waals surface area contributed by atoms with Crippen molar-refractivity contribution in [2.24, 2.45) is 0 Å². The summed E-state index contributed by atoms with van der Waals surface area (Å²) in [6.45, 7) is -0.00476. The molecule has 0 spiro atoms. The minimum Gasteiger partial charge on any atom is -0.496 e. The predicted octanol–water partition coefficient (Wildman–Crippen LogP) is 4.06. The van der Waals surface area contributed by atoms with Crippen molar-refractivity contribution in [3.8, 4) is 11.5 Å². The molecule has 170 valence electrons. The van der Waals surface area contributed by atoms with Gasteiger partial charge in [-0.2, -0.15) is 0 Å². The number of benzene rings is 3. The third kappa shape index (κ3) is 6.33. The number of hydrogen-bond acceptors (Lipinski definition) is 6. The number of hydrogen-bond donors (Lipinski definition) is 1. The van der Waals surface area contributed by atoms with E-state index in [0.717, 1.165) is 0 Å². The molecule has 0 aromatic heterocycles. The average Bonchev–Trinajstić information content (AvgIpc) is 2.85. The predicted molar refractivity (Wildman–Crippen MR) is 123 cm³/mol. The van der Waals surface area contributed by atoms with Crippen LogP contribution in [0, 0.1) is 0 Å². The molecule has 0 atom stereocenters. The SMILES string of the molecule is COC(=O)c1cc(CNC(=O)COc2ccc(C(=O)c3ccc(Cl)cc3)cc2)ccc1OC. The summed E-state index contributed by atoms with van der Waals surface area (Å²) in [7, 11) is 2.74. The largest absolute Gasteiger partial charge is 0.496 e. The van der Waals surface area contributed by atoms with Gasteiger partial charge in [-0.1, -0.05) is 17.7 Å². The van der Waals surface area contributed by atoms with Gasteiger partial charge in [0, 0.05) is 22.7 Å². The molecular weight excluding hydrogens is 446 g/mol. The molecule has 1 amide bonds. The Morgan fingerprint density at radius 2 is 1.52 bits per heavy atom. The van der Waals surface area contributed by atoms with Crippen LogP contribution in [0.1, 0.15) is 31.8 Å². The summed E-state index contributed by atoms with van der Waals surface area (Å²) in [6.07, 6.45) is 0. The topological polar surface area (TPSA) is 90.9 Å². The van der Waals surface area contributed by atoms with Crippen molar-refractivity contribution >= 4 is 29.3 Å². The summed E-state index contributed by atoms with van der Waals surface area (Å²) >= 11 is 5.85. The molecule has 3 aromatic rings. The molecule has 0 bridgehead atoms. The molecule has 0 saturated carbocycles. The molecule has 0 unspecified atom stereocenters. The Labute approximate surface area is 196 Å². The van der Waals surface area contributed by atoms with Gasteiger partial charge < -0.3 is 19.5 Å². The first kappa shape index (κ1) is 23.8. The van der Waals surface area contributed by atoms with Crippen LogP contribution in [0.4, 0.5) is 0 Å². The van der Waals surface area contributed by atoms with Gasteiger partial charge in [-0.15, -0.1) is 0 Å². The van der Waals surface area contributed by atoms with Crippen LogP contribution >= 0.6 is 11.6 Å². The van der Waals surface area contributed by atoms with Gasteiger partial charge in [0.25, 0.3) is 5.91 Å². The summed E-state index contributed by atoms with van der Waals surface area (Å²) < 4.78 is 15.4. The maximum absolute atomic E-state index is 12.5. The van der Waals surface area contributed by atoms with Crippen LogP contribution in [0.25, 0.3) is 0 Å². The second kappa shape index (κ2) is 11.2. The van der Waals surface area contributed by atoms with E-state index in [-0.39, 0.29) is 30.4 Å². The van der Waals surface area contributed by atoms with E-state index >= 15 is 0 Å². The standard InChI is InChI=1S/C25H22ClNO6/c1-31-22-12-3-16(13-21(22)25(30)32-2)14-27-23(28)15-33-20-10-6-18(7-11-20)24(29)17-4-8-19(26)9-5-17/h3-13H,14-15H2,1-2H3,(H,27,28). The molecule has 33 heavy (non-hydrogen) atoms. The zero-order chi connectivity index (χ0) is 23.8. The third-order valence-electron chi connectivity index (χ3n) is 4.75. The molecule has 0 aliphatic carbocycles. The van der Waals surface area contributed by atoms with Crippen molar-refractivity contribution in [1.29, 1.82) is 0 Å². The van der Waals surface area contributed by atoms with Gasteiger partial charge in [-0.25, -0.2) is 4.79 Å². The summed E-state index contributed by atoms with van der Waals surface area (Å²) in [6, 6.07) is 18.1. The molecule has 0 heterocycles. The van der Waals surface area contributed by atoms with Crippen molar-refractivity contribution in [3.05, 3.63) is 94.0 Å². The van der Waals surface area contributed by atoms with Crippen molar-refractivity contribution in [1.82, 2.24) is 5.32 Å². The molecular formula is C25H22ClNO6. The molecule has 3 rings (SSSR count). The first-order chi connectivity index (χ1) is 15.9. The second-order valence-electron chi connectivity index (χ2n) is 6.95. The van der Waals surface area contributed by atoms with Crippen molar-refractivity contribution in [3.63, 3.8) is 0 Å². The minimum absolute atomic E-state index is 0.137. The van der Waals surface area contributed by atoms with Crippen LogP contribution in [0.5, 0.6) is 11.5 Å². The van der Waals surface area contributed by atoms with E-state index in [1.165, 1.54) is 14.2 Å². The second-order valence-corrected chi connectivity index (χ2v) is 7.39. The number of ketones is 1. The summed E-state index contributed by atoms with van der Waals surface area (Å²) in [5.41, 5.74) is 2.00. The molecule has 3 aromatic carbocycles. The molecule has 0 saturated heterocycles. The normalized spacial score (nSPS) is 10.3. The number of amides is 1.